The van der Waals surface area contributed by atoms with Gasteiger partial charge in [-0.15, -0.1) is 11.3 Å². The molecule has 1 fully saturated rings. The molecule has 1 aromatic carbocycles. The Balaban J connectivity index is 1.72. The summed E-state index contributed by atoms with van der Waals surface area (Å²) in [5, 5.41) is 8.02. The maximum Gasteiger partial charge on any atom is 0.139 e. The molecule has 2 aliphatic heterocycles. The molecule has 27 heavy (non-hydrogen) atoms. The molecule has 5 nitrogen and oxygen atoms in total. The van der Waals surface area contributed by atoms with Gasteiger partial charge in [-0.3, -0.25) is 0 Å². The van der Waals surface area contributed by atoms with Gasteiger partial charge in [0, 0.05) is 44.3 Å². The molecule has 1 atom stereocenters. The number of halogens is 1. The van der Waals surface area contributed by atoms with Crippen molar-refractivity contribution in [2.45, 2.75) is 25.8 Å². The van der Waals surface area contributed by atoms with Crippen LogP contribution in [0.3, 0.4) is 0 Å². The van der Waals surface area contributed by atoms with Gasteiger partial charge in [0.05, 0.1) is 16.9 Å². The van der Waals surface area contributed by atoms with E-state index >= 15 is 0 Å². The summed E-state index contributed by atoms with van der Waals surface area (Å²) < 4.78 is 19.0. The van der Waals surface area contributed by atoms with E-state index in [9.17, 15) is 4.39 Å². The third-order valence-electron chi connectivity index (χ3n) is 5.03. The summed E-state index contributed by atoms with van der Waals surface area (Å²) in [6.07, 6.45) is 1.94. The van der Waals surface area contributed by atoms with Crippen LogP contribution in [0.5, 0.6) is 0 Å². The highest BCUT2D eigenvalue weighted by Gasteiger charge is 2.27. The average molecular weight is 389 g/mol. The molecule has 144 valence electrons. The van der Waals surface area contributed by atoms with Crippen LogP contribution in [-0.2, 0) is 11.2 Å². The van der Waals surface area contributed by atoms with Gasteiger partial charge in [0.2, 0.25) is 0 Å². The fraction of sp³-hybridized carbons (Fsp3) is 0.450. The van der Waals surface area contributed by atoms with Crippen molar-refractivity contribution in [2.75, 3.05) is 38.7 Å². The van der Waals surface area contributed by atoms with Crippen LogP contribution in [-0.4, -0.2) is 50.1 Å². The van der Waals surface area contributed by atoms with Crippen LogP contribution in [0.15, 0.2) is 29.3 Å². The largest absolute Gasteiger partial charge is 0.385 e. The zero-order chi connectivity index (χ0) is 18.8. The third-order valence-corrected chi connectivity index (χ3v) is 6.23. The number of fused-ring (bicyclic) bond motifs is 2. The van der Waals surface area contributed by atoms with Crippen molar-refractivity contribution in [3.8, 4) is 0 Å². The number of amidine groups is 1. The first-order valence-corrected chi connectivity index (χ1v) is 10.2. The lowest BCUT2D eigenvalue weighted by atomic mass is 10.1. The Hall–Kier alpha value is -1.96. The molecule has 2 N–H and O–H groups in total. The number of anilines is 2. The lowest BCUT2D eigenvalue weighted by Gasteiger charge is -2.35. The molecule has 1 aromatic heterocycles. The molecule has 4 rings (SSSR count). The summed E-state index contributed by atoms with van der Waals surface area (Å²) in [6.45, 7) is 5.59. The van der Waals surface area contributed by atoms with E-state index < -0.39 is 0 Å². The minimum absolute atomic E-state index is 0.254. The first kappa shape index (κ1) is 18.4. The molecule has 0 amide bonds. The number of nitrogens with one attached hydrogen (secondary N) is 2. The highest BCUT2D eigenvalue weighted by molar-refractivity contribution is 7.16. The first-order chi connectivity index (χ1) is 13.2. The number of hydrogen-bond acceptors (Lipinski definition) is 6. The van der Waals surface area contributed by atoms with Gasteiger partial charge in [0.1, 0.15) is 16.7 Å². The molecular weight excluding hydrogens is 363 g/mol. The fourth-order valence-electron chi connectivity index (χ4n) is 3.59. The zero-order valence-corrected chi connectivity index (χ0v) is 16.5. The Labute approximate surface area is 163 Å². The van der Waals surface area contributed by atoms with Crippen molar-refractivity contribution in [1.29, 1.82) is 0 Å². The number of methoxy groups -OCH3 is 1. The highest BCUT2D eigenvalue weighted by atomic mass is 32.1. The lowest BCUT2D eigenvalue weighted by Crippen LogP contribution is -2.53. The second-order valence-corrected chi connectivity index (χ2v) is 8.05. The quantitative estimate of drug-likeness (QED) is 0.834. The predicted molar refractivity (Wildman–Crippen MR) is 109 cm³/mol. The van der Waals surface area contributed by atoms with Gasteiger partial charge in [-0.2, -0.15) is 0 Å². The van der Waals surface area contributed by atoms with Gasteiger partial charge in [0.15, 0.2) is 0 Å². The van der Waals surface area contributed by atoms with E-state index in [2.05, 4.69) is 28.5 Å². The van der Waals surface area contributed by atoms with Gasteiger partial charge in [-0.1, -0.05) is 6.92 Å². The van der Waals surface area contributed by atoms with Crippen LogP contribution in [0.4, 0.5) is 20.8 Å². The van der Waals surface area contributed by atoms with Crippen LogP contribution in [0.25, 0.3) is 0 Å². The molecule has 0 saturated carbocycles. The average Bonchev–Trinajstić information content (AvgIpc) is 3.02. The zero-order valence-electron chi connectivity index (χ0n) is 15.7. The number of aliphatic imine (C=N–C) groups is 1. The van der Waals surface area contributed by atoms with Gasteiger partial charge >= 0.3 is 0 Å². The minimum Gasteiger partial charge on any atom is -0.385 e. The molecule has 7 heteroatoms. The number of aryl methyl sites for hydroxylation is 1. The standard InChI is InChI=1S/C20H25FN4OS/c1-3-15-11-16-19(25-8-7-22-14(12-25)6-9-26-2)23-17-5-4-13(21)10-18(17)24-20(16)27-15/h4-5,10-11,14,22,24H,3,6-9,12H2,1-2H3/t14-/m0/s1. The van der Waals surface area contributed by atoms with E-state index in [-0.39, 0.29) is 5.82 Å². The number of nitrogens with zero attached hydrogens (tertiary/aromatic N) is 2. The Bertz CT molecular complexity index is 851. The van der Waals surface area contributed by atoms with E-state index in [1.54, 1.807) is 24.5 Å². The maximum atomic E-state index is 13.8. The third kappa shape index (κ3) is 3.85. The fourth-order valence-corrected chi connectivity index (χ4v) is 4.59. The number of hydrogen-bond donors (Lipinski definition) is 2. The van der Waals surface area contributed by atoms with Crippen molar-refractivity contribution >= 4 is 33.5 Å². The van der Waals surface area contributed by atoms with Crippen LogP contribution in [0, 0.1) is 5.82 Å². The summed E-state index contributed by atoms with van der Waals surface area (Å²) in [5.41, 5.74) is 2.61. The van der Waals surface area contributed by atoms with Crippen LogP contribution < -0.4 is 10.6 Å². The normalized spacial score (nSPS) is 19.0. The molecule has 2 aliphatic rings. The van der Waals surface area contributed by atoms with Crippen molar-refractivity contribution in [3.05, 3.63) is 40.5 Å². The molecule has 0 unspecified atom stereocenters. The van der Waals surface area contributed by atoms with Crippen molar-refractivity contribution in [3.63, 3.8) is 0 Å². The number of ether oxygens (including phenoxy) is 1. The number of benzene rings is 1. The first-order valence-electron chi connectivity index (χ1n) is 9.43. The molecule has 0 radical (unpaired) electrons. The Morgan fingerprint density at radius 3 is 3.07 bits per heavy atom. The van der Waals surface area contributed by atoms with Gasteiger partial charge in [-0.05, 0) is 37.1 Å². The molecule has 2 aromatic rings. The van der Waals surface area contributed by atoms with E-state index in [0.717, 1.165) is 66.9 Å². The Kier molecular flexibility index (Phi) is 5.43. The number of piperazine rings is 1. The van der Waals surface area contributed by atoms with Gasteiger partial charge < -0.3 is 20.3 Å². The van der Waals surface area contributed by atoms with Crippen molar-refractivity contribution in [1.82, 2.24) is 10.2 Å². The number of rotatable bonds is 4. The summed E-state index contributed by atoms with van der Waals surface area (Å²) >= 11 is 1.72. The smallest absolute Gasteiger partial charge is 0.139 e. The number of thiophene rings is 1. The topological polar surface area (TPSA) is 48.9 Å². The summed E-state index contributed by atoms with van der Waals surface area (Å²) in [6, 6.07) is 7.34. The van der Waals surface area contributed by atoms with Crippen LogP contribution in [0.2, 0.25) is 0 Å². The summed E-state index contributed by atoms with van der Waals surface area (Å²) in [4.78, 5) is 8.62. The predicted octanol–water partition coefficient (Wildman–Crippen LogP) is 3.90. The maximum absolute atomic E-state index is 13.8. The van der Waals surface area contributed by atoms with Crippen molar-refractivity contribution in [2.24, 2.45) is 4.99 Å². The second-order valence-electron chi connectivity index (χ2n) is 6.91. The Morgan fingerprint density at radius 1 is 1.37 bits per heavy atom. The van der Waals surface area contributed by atoms with Crippen molar-refractivity contribution < 1.29 is 9.13 Å². The summed E-state index contributed by atoms with van der Waals surface area (Å²) in [5.74, 6) is 0.721. The van der Waals surface area contributed by atoms with E-state index in [4.69, 9.17) is 9.73 Å². The Morgan fingerprint density at radius 2 is 2.26 bits per heavy atom. The SMILES string of the molecule is CCc1cc2c(s1)Nc1cc(F)ccc1N=C2N1CCN[C@@H](CCOC)C1. The second kappa shape index (κ2) is 7.96. The van der Waals surface area contributed by atoms with Gasteiger partial charge in [-0.25, -0.2) is 9.38 Å². The summed E-state index contributed by atoms with van der Waals surface area (Å²) in [7, 11) is 1.74. The minimum atomic E-state index is -0.254. The molecule has 1 saturated heterocycles. The monoisotopic (exact) mass is 388 g/mol. The molecule has 0 bridgehead atoms. The lowest BCUT2D eigenvalue weighted by molar-refractivity contribution is 0.168. The van der Waals surface area contributed by atoms with E-state index in [0.29, 0.717) is 6.04 Å². The molecular formula is C20H25FN4OS. The molecule has 3 heterocycles. The highest BCUT2D eigenvalue weighted by Crippen LogP contribution is 2.40. The van der Waals surface area contributed by atoms with E-state index in [1.807, 2.05) is 0 Å². The molecule has 0 spiro atoms. The van der Waals surface area contributed by atoms with Crippen LogP contribution in [0.1, 0.15) is 23.8 Å². The van der Waals surface area contributed by atoms with Crippen LogP contribution >= 0.6 is 11.3 Å². The molecule has 0 aliphatic carbocycles. The van der Waals surface area contributed by atoms with E-state index in [1.165, 1.54) is 17.0 Å². The van der Waals surface area contributed by atoms with Gasteiger partial charge in [0.25, 0.3) is 0 Å².